The van der Waals surface area contributed by atoms with Crippen molar-refractivity contribution < 1.29 is 32.6 Å². The Morgan fingerprint density at radius 3 is 2.33 bits per heavy atom. The Morgan fingerprint density at radius 1 is 1.08 bits per heavy atom. The third-order valence-corrected chi connectivity index (χ3v) is 6.67. The van der Waals surface area contributed by atoms with Crippen LogP contribution in [-0.4, -0.2) is 33.8 Å². The summed E-state index contributed by atoms with van der Waals surface area (Å²) < 4.78 is 46.6. The summed E-state index contributed by atoms with van der Waals surface area (Å²) in [6.45, 7) is 11.0. The molecule has 0 N–H and O–H groups in total. The second-order valence-corrected chi connectivity index (χ2v) is 11.3. The Bertz CT molecular complexity index is 1330. The number of nitrogens with zero attached hydrogens (tertiary/aromatic N) is 2. The summed E-state index contributed by atoms with van der Waals surface area (Å²) in [5, 5.41) is 0. The van der Waals surface area contributed by atoms with Gasteiger partial charge in [0.2, 0.25) is 0 Å². The average molecular weight is 545 g/mol. The van der Waals surface area contributed by atoms with Crippen LogP contribution in [0.1, 0.15) is 87.6 Å². The van der Waals surface area contributed by atoms with E-state index in [0.717, 1.165) is 5.56 Å². The molecule has 212 valence electrons. The molecule has 0 bridgehead atoms. The number of pyridine rings is 1. The third-order valence-electron chi connectivity index (χ3n) is 6.67. The molecule has 0 aliphatic rings. The van der Waals surface area contributed by atoms with Crippen molar-refractivity contribution in [1.82, 2.24) is 9.38 Å². The highest BCUT2D eigenvalue weighted by atomic mass is 19.1. The molecule has 0 radical (unpaired) electrons. The highest BCUT2D eigenvalue weighted by Gasteiger charge is 2.31. The molecule has 1 unspecified atom stereocenters. The molecule has 0 amide bonds. The number of hydrogen-bond acceptors (Lipinski definition) is 6. The van der Waals surface area contributed by atoms with Gasteiger partial charge in [-0.25, -0.2) is 13.8 Å². The first-order chi connectivity index (χ1) is 18.3. The van der Waals surface area contributed by atoms with Crippen molar-refractivity contribution in [2.45, 2.75) is 86.0 Å². The topological polar surface area (TPSA) is 79.1 Å². The van der Waals surface area contributed by atoms with Crippen LogP contribution in [0.4, 0.5) is 8.78 Å². The van der Waals surface area contributed by atoms with Gasteiger partial charge in [0.05, 0.1) is 24.3 Å². The number of rotatable bonds is 12. The number of aryl methyl sites for hydroxylation is 1. The van der Waals surface area contributed by atoms with E-state index in [0.29, 0.717) is 29.9 Å². The normalized spacial score (nSPS) is 13.4. The van der Waals surface area contributed by atoms with Gasteiger partial charge in [0, 0.05) is 19.7 Å². The van der Waals surface area contributed by atoms with Gasteiger partial charge in [-0.05, 0) is 63.3 Å². The number of carbonyl (C=O) groups is 2. The average Bonchev–Trinajstić information content (AvgIpc) is 3.19. The van der Waals surface area contributed by atoms with E-state index in [1.165, 1.54) is 25.3 Å². The fraction of sp³-hybridized carbons (Fsp3) is 0.500. The van der Waals surface area contributed by atoms with Crippen LogP contribution in [-0.2, 0) is 27.5 Å². The lowest BCUT2D eigenvalue weighted by atomic mass is 9.79. The van der Waals surface area contributed by atoms with Crippen LogP contribution in [0.5, 0.6) is 5.75 Å². The van der Waals surface area contributed by atoms with Gasteiger partial charge in [0.15, 0.2) is 17.2 Å². The first-order valence-electron chi connectivity index (χ1n) is 13.1. The summed E-state index contributed by atoms with van der Waals surface area (Å²) in [7, 11) is 1.51. The van der Waals surface area contributed by atoms with E-state index in [4.69, 9.17) is 14.2 Å². The molecule has 0 aliphatic heterocycles. The predicted octanol–water partition coefficient (Wildman–Crippen LogP) is 6.76. The second-order valence-electron chi connectivity index (χ2n) is 11.3. The van der Waals surface area contributed by atoms with Crippen LogP contribution in [0.25, 0.3) is 5.65 Å². The zero-order chi connectivity index (χ0) is 29.0. The third kappa shape index (κ3) is 7.62. The predicted molar refractivity (Wildman–Crippen MR) is 144 cm³/mol. The fourth-order valence-electron chi connectivity index (χ4n) is 4.40. The van der Waals surface area contributed by atoms with Crippen molar-refractivity contribution >= 4 is 17.4 Å². The minimum Gasteiger partial charge on any atom is -0.485 e. The summed E-state index contributed by atoms with van der Waals surface area (Å²) in [5.41, 5.74) is 0.705. The van der Waals surface area contributed by atoms with E-state index < -0.39 is 22.7 Å². The lowest BCUT2D eigenvalue weighted by Gasteiger charge is -2.29. The maximum Gasteiger partial charge on any atom is 0.306 e. The molecule has 0 aliphatic carbocycles. The zero-order valence-electron chi connectivity index (χ0n) is 23.8. The van der Waals surface area contributed by atoms with Gasteiger partial charge in [-0.3, -0.25) is 14.0 Å². The number of imidazole rings is 1. The van der Waals surface area contributed by atoms with Crippen LogP contribution in [0, 0.1) is 24.0 Å². The molecule has 1 aromatic carbocycles. The molecule has 39 heavy (non-hydrogen) atoms. The standard InChI is InChI=1S/C30H38F2N2O5/c1-8-30(6,15-26(36)39-29(3,4)5)13-12-24(35)27-23(18-37-7)33-28-25(14-19(2)16-34(27)28)38-17-20-21(31)10-9-11-22(20)32/h9-11,14,16H,8,12-13,15,17-18H2,1-7H3. The van der Waals surface area contributed by atoms with E-state index in [1.54, 1.807) is 16.7 Å². The molecule has 7 nitrogen and oxygen atoms in total. The fourth-order valence-corrected chi connectivity index (χ4v) is 4.40. The van der Waals surface area contributed by atoms with Crippen LogP contribution >= 0.6 is 0 Å². The molecule has 3 aromatic rings. The van der Waals surface area contributed by atoms with Crippen molar-refractivity contribution in [1.29, 1.82) is 0 Å². The van der Waals surface area contributed by atoms with Crippen molar-refractivity contribution in [2.75, 3.05) is 7.11 Å². The Hall–Kier alpha value is -3.33. The molecule has 3 rings (SSSR count). The van der Waals surface area contributed by atoms with E-state index in [9.17, 15) is 18.4 Å². The molecular formula is C30H38F2N2O5. The number of ether oxygens (including phenoxy) is 3. The van der Waals surface area contributed by atoms with E-state index in [1.807, 2.05) is 41.5 Å². The van der Waals surface area contributed by atoms with Gasteiger partial charge in [0.25, 0.3) is 0 Å². The van der Waals surface area contributed by atoms with Crippen molar-refractivity contribution in [2.24, 2.45) is 5.41 Å². The maximum atomic E-state index is 14.2. The summed E-state index contributed by atoms with van der Waals surface area (Å²) >= 11 is 0. The minimum atomic E-state index is -0.705. The highest BCUT2D eigenvalue weighted by molar-refractivity contribution is 5.97. The number of fused-ring (bicyclic) bond motifs is 1. The Morgan fingerprint density at radius 2 is 1.74 bits per heavy atom. The van der Waals surface area contributed by atoms with Gasteiger partial charge in [-0.15, -0.1) is 0 Å². The molecule has 0 saturated carbocycles. The minimum absolute atomic E-state index is 0.0894. The zero-order valence-corrected chi connectivity index (χ0v) is 23.8. The van der Waals surface area contributed by atoms with E-state index >= 15 is 0 Å². The SMILES string of the molecule is CCC(C)(CCC(=O)c1c(COC)nc2c(OCc3c(F)cccc3F)cc(C)cn12)CC(=O)OC(C)(C)C. The molecule has 2 aromatic heterocycles. The molecule has 0 fully saturated rings. The molecular weight excluding hydrogens is 506 g/mol. The van der Waals surface area contributed by atoms with Gasteiger partial charge < -0.3 is 14.2 Å². The van der Waals surface area contributed by atoms with Crippen molar-refractivity contribution in [3.8, 4) is 5.75 Å². The monoisotopic (exact) mass is 544 g/mol. The van der Waals surface area contributed by atoms with Crippen LogP contribution < -0.4 is 4.74 Å². The number of methoxy groups -OCH3 is 1. The number of benzene rings is 1. The van der Waals surface area contributed by atoms with Crippen LogP contribution in [0.15, 0.2) is 30.5 Å². The molecule has 0 spiro atoms. The number of aromatic nitrogens is 2. The molecule has 9 heteroatoms. The lowest BCUT2D eigenvalue weighted by Crippen LogP contribution is -2.29. The summed E-state index contributed by atoms with van der Waals surface area (Å²) in [6.07, 6.45) is 3.33. The van der Waals surface area contributed by atoms with Gasteiger partial charge in [-0.2, -0.15) is 0 Å². The summed E-state index contributed by atoms with van der Waals surface area (Å²) in [5.74, 6) is -1.57. The largest absolute Gasteiger partial charge is 0.485 e. The first-order valence-corrected chi connectivity index (χ1v) is 13.1. The van der Waals surface area contributed by atoms with Gasteiger partial charge in [0.1, 0.15) is 29.5 Å². The molecule has 0 saturated heterocycles. The number of ketones is 1. The number of Topliss-reactive ketones (excluding diaryl/α,β-unsaturated/α-hetero) is 1. The van der Waals surface area contributed by atoms with Gasteiger partial charge in [-0.1, -0.05) is 26.3 Å². The smallest absolute Gasteiger partial charge is 0.306 e. The highest BCUT2D eigenvalue weighted by Crippen LogP contribution is 2.34. The summed E-state index contributed by atoms with van der Waals surface area (Å²) in [4.78, 5) is 30.7. The number of hydrogen-bond donors (Lipinski definition) is 0. The Kier molecular flexibility index (Phi) is 9.48. The van der Waals surface area contributed by atoms with E-state index in [2.05, 4.69) is 4.98 Å². The molecule has 2 heterocycles. The Balaban J connectivity index is 1.89. The van der Waals surface area contributed by atoms with Crippen LogP contribution in [0.3, 0.4) is 0 Å². The van der Waals surface area contributed by atoms with Crippen LogP contribution in [0.2, 0.25) is 0 Å². The Labute approximate surface area is 228 Å². The number of esters is 1. The first kappa shape index (κ1) is 30.2. The number of carbonyl (C=O) groups excluding carboxylic acids is 2. The molecule has 1 atom stereocenters. The van der Waals surface area contributed by atoms with Crippen molar-refractivity contribution in [3.05, 3.63) is 64.6 Å². The quantitative estimate of drug-likeness (QED) is 0.185. The summed E-state index contributed by atoms with van der Waals surface area (Å²) in [6, 6.07) is 5.34. The van der Waals surface area contributed by atoms with Gasteiger partial charge >= 0.3 is 5.97 Å². The van der Waals surface area contributed by atoms with E-state index in [-0.39, 0.29) is 49.1 Å². The lowest BCUT2D eigenvalue weighted by molar-refractivity contribution is -0.157. The maximum absolute atomic E-state index is 14.2. The number of halogens is 2. The second kappa shape index (κ2) is 12.2. The van der Waals surface area contributed by atoms with Crippen molar-refractivity contribution in [3.63, 3.8) is 0 Å².